The van der Waals surface area contributed by atoms with Gasteiger partial charge in [-0.3, -0.25) is 0 Å². The third kappa shape index (κ3) is 1.29. The van der Waals surface area contributed by atoms with Crippen molar-refractivity contribution in [2.45, 2.75) is 48.8 Å². The second kappa shape index (κ2) is 3.99. The fourth-order valence-electron chi connectivity index (χ4n) is 5.65. The molecule has 5 rings (SSSR count). The van der Waals surface area contributed by atoms with Gasteiger partial charge in [0.1, 0.15) is 0 Å². The van der Waals surface area contributed by atoms with Crippen LogP contribution in [-0.4, -0.2) is 57.4 Å². The van der Waals surface area contributed by atoms with Gasteiger partial charge >= 0.3 is 0 Å². The predicted octanol–water partition coefficient (Wildman–Crippen LogP) is 1.01. The number of likely N-dealkylation sites (tertiary alicyclic amines) is 1. The van der Waals surface area contributed by atoms with Crippen molar-refractivity contribution in [2.24, 2.45) is 5.16 Å². The van der Waals surface area contributed by atoms with Crippen LogP contribution in [0.3, 0.4) is 0 Å². The van der Waals surface area contributed by atoms with Gasteiger partial charge in [-0.25, -0.2) is 0 Å². The minimum Gasteiger partial charge on any atom is -0.504 e. The highest BCUT2D eigenvalue weighted by atomic mass is 16.5. The lowest BCUT2D eigenvalue weighted by molar-refractivity contribution is -0.161. The van der Waals surface area contributed by atoms with Gasteiger partial charge in [0.25, 0.3) is 0 Å². The Hall–Kier alpha value is -1.79. The van der Waals surface area contributed by atoms with Crippen molar-refractivity contribution in [3.63, 3.8) is 0 Å². The number of oxime groups is 1. The third-order valence-electron chi connectivity index (χ3n) is 6.67. The minimum absolute atomic E-state index is 0.0191. The van der Waals surface area contributed by atoms with E-state index in [0.29, 0.717) is 24.3 Å². The predicted molar refractivity (Wildman–Crippen MR) is 82.3 cm³/mol. The van der Waals surface area contributed by atoms with Crippen LogP contribution in [0.25, 0.3) is 0 Å². The van der Waals surface area contributed by atoms with Crippen LogP contribution < -0.4 is 4.74 Å². The summed E-state index contributed by atoms with van der Waals surface area (Å²) in [4.78, 5) is 2.23. The molecular weight excluding hydrogens is 296 g/mol. The Labute approximate surface area is 134 Å². The molecule has 1 saturated carbocycles. The van der Waals surface area contributed by atoms with Crippen molar-refractivity contribution in [1.29, 1.82) is 0 Å². The van der Waals surface area contributed by atoms with Crippen LogP contribution in [0, 0.1) is 0 Å². The lowest BCUT2D eigenvalue weighted by Crippen LogP contribution is -2.76. The lowest BCUT2D eigenvalue weighted by atomic mass is 9.49. The topological polar surface area (TPSA) is 85.5 Å². The van der Waals surface area contributed by atoms with Gasteiger partial charge in [-0.15, -0.1) is 0 Å². The Morgan fingerprint density at radius 2 is 2.17 bits per heavy atom. The number of benzene rings is 1. The molecule has 1 spiro atoms. The summed E-state index contributed by atoms with van der Waals surface area (Å²) in [5.41, 5.74) is 1.09. The summed E-state index contributed by atoms with van der Waals surface area (Å²) in [5, 5.41) is 34.9. The smallest absolute Gasteiger partial charge is 0.166 e. The van der Waals surface area contributed by atoms with Crippen LogP contribution in [-0.2, 0) is 11.8 Å². The number of aliphatic hydroxyl groups is 1. The molecule has 0 radical (unpaired) electrons. The molecule has 2 bridgehead atoms. The van der Waals surface area contributed by atoms with Crippen LogP contribution in [0.5, 0.6) is 11.5 Å². The molecule has 2 aliphatic carbocycles. The number of ether oxygens (including phenoxy) is 1. The summed E-state index contributed by atoms with van der Waals surface area (Å²) >= 11 is 0. The molecule has 23 heavy (non-hydrogen) atoms. The van der Waals surface area contributed by atoms with E-state index in [9.17, 15) is 15.4 Å². The molecule has 1 saturated heterocycles. The highest BCUT2D eigenvalue weighted by Crippen LogP contribution is 2.64. The van der Waals surface area contributed by atoms with E-state index in [2.05, 4.69) is 17.1 Å². The zero-order chi connectivity index (χ0) is 16.0. The fourth-order valence-corrected chi connectivity index (χ4v) is 5.65. The molecule has 2 fully saturated rings. The number of nitrogens with zero attached hydrogens (tertiary/aromatic N) is 2. The summed E-state index contributed by atoms with van der Waals surface area (Å²) in [6.07, 6.45) is 2.04. The molecule has 6 heteroatoms. The van der Waals surface area contributed by atoms with Crippen LogP contribution in [0.4, 0.5) is 0 Å². The highest BCUT2D eigenvalue weighted by Gasteiger charge is 2.72. The van der Waals surface area contributed by atoms with E-state index in [1.807, 2.05) is 6.07 Å². The highest BCUT2D eigenvalue weighted by molar-refractivity contribution is 5.94. The van der Waals surface area contributed by atoms with E-state index >= 15 is 0 Å². The molecule has 3 N–H and O–H groups in total. The van der Waals surface area contributed by atoms with Crippen LogP contribution in [0.1, 0.15) is 30.4 Å². The number of hydrogen-bond donors (Lipinski definition) is 3. The first kappa shape index (κ1) is 13.6. The molecule has 6 nitrogen and oxygen atoms in total. The Balaban J connectivity index is 1.86. The van der Waals surface area contributed by atoms with Gasteiger partial charge in [-0.2, -0.15) is 0 Å². The quantitative estimate of drug-likeness (QED) is 0.491. The zero-order valence-electron chi connectivity index (χ0n) is 13.0. The maximum atomic E-state index is 11.7. The van der Waals surface area contributed by atoms with Crippen molar-refractivity contribution in [1.82, 2.24) is 4.90 Å². The first-order valence-electron chi connectivity index (χ1n) is 8.18. The van der Waals surface area contributed by atoms with Crippen molar-refractivity contribution in [3.05, 3.63) is 23.3 Å². The van der Waals surface area contributed by atoms with Crippen molar-refractivity contribution in [2.75, 3.05) is 13.6 Å². The number of phenolic OH excluding ortho intramolecular Hbond substituents is 1. The molecule has 0 amide bonds. The van der Waals surface area contributed by atoms with E-state index in [-0.39, 0.29) is 11.8 Å². The summed E-state index contributed by atoms with van der Waals surface area (Å²) in [6, 6.07) is 3.63. The number of hydrogen-bond acceptors (Lipinski definition) is 6. The van der Waals surface area contributed by atoms with E-state index in [1.54, 1.807) is 6.07 Å². The lowest BCUT2D eigenvalue weighted by Gasteiger charge is -2.62. The SMILES string of the molecule is CN1CC[C@]23c4c5ccc(O)c4O[C@H]2C(=NO)CC[C@@]3(O)[C@H]1C5. The number of piperidine rings is 1. The fraction of sp³-hybridized carbons (Fsp3) is 0.588. The normalized spacial score (nSPS) is 42.4. The van der Waals surface area contributed by atoms with E-state index < -0.39 is 17.1 Å². The van der Waals surface area contributed by atoms with Gasteiger partial charge in [0.15, 0.2) is 17.6 Å². The standard InChI is InChI=1S/C17H20N2O4/c1-19-7-6-16-13-9-2-3-11(20)14(13)23-15(16)10(18-22)4-5-17(16,21)12(19)8-9/h2-3,12,15,20-22H,4-8H2,1H3/t12-,15+,16+,17-/m1/s1. The van der Waals surface area contributed by atoms with Crippen LogP contribution in [0.15, 0.2) is 17.3 Å². The molecule has 4 aliphatic rings. The van der Waals surface area contributed by atoms with Gasteiger partial charge in [0, 0.05) is 11.6 Å². The van der Waals surface area contributed by atoms with Crippen molar-refractivity contribution < 1.29 is 20.2 Å². The molecular formula is C17H20N2O4. The van der Waals surface area contributed by atoms with Gasteiger partial charge < -0.3 is 25.1 Å². The van der Waals surface area contributed by atoms with Crippen LogP contribution in [0.2, 0.25) is 0 Å². The first-order chi connectivity index (χ1) is 11.0. The number of likely N-dealkylation sites (N-methyl/N-ethyl adjacent to an activating group) is 1. The molecule has 1 aromatic carbocycles. The summed E-state index contributed by atoms with van der Waals surface area (Å²) < 4.78 is 6.09. The molecule has 122 valence electrons. The molecule has 2 aliphatic heterocycles. The number of rotatable bonds is 0. The molecule has 2 heterocycles. The Kier molecular flexibility index (Phi) is 2.37. The van der Waals surface area contributed by atoms with Crippen molar-refractivity contribution >= 4 is 5.71 Å². The maximum absolute atomic E-state index is 11.7. The van der Waals surface area contributed by atoms with Gasteiger partial charge in [0.2, 0.25) is 0 Å². The molecule has 0 aromatic heterocycles. The second-order valence-electron chi connectivity index (χ2n) is 7.38. The second-order valence-corrected chi connectivity index (χ2v) is 7.38. The molecule has 0 unspecified atom stereocenters. The van der Waals surface area contributed by atoms with Crippen LogP contribution >= 0.6 is 0 Å². The van der Waals surface area contributed by atoms with E-state index in [4.69, 9.17) is 4.74 Å². The van der Waals surface area contributed by atoms with Gasteiger partial charge in [0.05, 0.1) is 16.7 Å². The van der Waals surface area contributed by atoms with E-state index in [1.165, 1.54) is 0 Å². The number of aromatic hydroxyl groups is 1. The Morgan fingerprint density at radius 3 is 2.96 bits per heavy atom. The summed E-state index contributed by atoms with van der Waals surface area (Å²) in [6.45, 7) is 0.847. The van der Waals surface area contributed by atoms with Gasteiger partial charge in [-0.1, -0.05) is 11.2 Å². The maximum Gasteiger partial charge on any atom is 0.166 e. The Bertz CT molecular complexity index is 748. The summed E-state index contributed by atoms with van der Waals surface area (Å²) in [7, 11) is 2.06. The van der Waals surface area contributed by atoms with E-state index in [0.717, 1.165) is 30.5 Å². The largest absolute Gasteiger partial charge is 0.504 e. The van der Waals surface area contributed by atoms with Crippen molar-refractivity contribution in [3.8, 4) is 11.5 Å². The van der Waals surface area contributed by atoms with Gasteiger partial charge in [-0.05, 0) is 50.9 Å². The molecule has 4 atom stereocenters. The Morgan fingerprint density at radius 1 is 1.35 bits per heavy atom. The number of phenols is 1. The first-order valence-corrected chi connectivity index (χ1v) is 8.18. The summed E-state index contributed by atoms with van der Waals surface area (Å²) in [5.74, 6) is 0.571. The average molecular weight is 316 g/mol. The minimum atomic E-state index is -0.926. The molecule has 1 aromatic rings. The third-order valence-corrected chi connectivity index (χ3v) is 6.67. The monoisotopic (exact) mass is 316 g/mol. The average Bonchev–Trinajstić information content (AvgIpc) is 2.89. The zero-order valence-corrected chi connectivity index (χ0v) is 13.0.